The number of rotatable bonds is 5. The molecule has 0 bridgehead atoms. The van der Waals surface area contributed by atoms with E-state index in [2.05, 4.69) is 15.8 Å². The number of hydrogen-bond donors (Lipinski definition) is 3. The number of amides is 2. The maximum atomic E-state index is 11.9. The van der Waals surface area contributed by atoms with Gasteiger partial charge in [-0.2, -0.15) is 11.3 Å². The van der Waals surface area contributed by atoms with Crippen LogP contribution >= 0.6 is 11.3 Å². The molecule has 2 amide bonds. The summed E-state index contributed by atoms with van der Waals surface area (Å²) in [6.45, 7) is 5.67. The van der Waals surface area contributed by atoms with Gasteiger partial charge in [0.05, 0.1) is 17.8 Å². The number of nitrogens with zero attached hydrogens (tertiary/aromatic N) is 1. The first-order valence-corrected chi connectivity index (χ1v) is 7.60. The maximum Gasteiger partial charge on any atom is 0.315 e. The third-order valence-electron chi connectivity index (χ3n) is 3.25. The van der Waals surface area contributed by atoms with E-state index in [1.165, 1.54) is 11.3 Å². The first kappa shape index (κ1) is 15.5. The quantitative estimate of drug-likeness (QED) is 0.791. The van der Waals surface area contributed by atoms with E-state index in [4.69, 9.17) is 4.52 Å². The third kappa shape index (κ3) is 3.83. The zero-order valence-electron chi connectivity index (χ0n) is 12.2. The summed E-state index contributed by atoms with van der Waals surface area (Å²) in [6.07, 6.45) is -0.698. The van der Waals surface area contributed by atoms with Crippen LogP contribution in [0.25, 0.3) is 0 Å². The van der Waals surface area contributed by atoms with Crippen molar-refractivity contribution >= 4 is 17.4 Å². The van der Waals surface area contributed by atoms with E-state index in [0.717, 1.165) is 16.8 Å². The van der Waals surface area contributed by atoms with Gasteiger partial charge in [-0.15, -0.1) is 0 Å². The minimum Gasteiger partial charge on any atom is -0.387 e. The standard InChI is InChI=1S/C14H19N3O3S/c1-8(13-9(2)17-20-10(13)3)16-14(19)15-6-12(18)11-4-5-21-7-11/h4-5,7-8,12,18H,6H2,1-3H3,(H2,15,16,19). The molecule has 0 spiro atoms. The van der Waals surface area contributed by atoms with Crippen LogP contribution in [0.3, 0.4) is 0 Å². The van der Waals surface area contributed by atoms with Gasteiger partial charge in [-0.25, -0.2) is 4.79 Å². The molecule has 6 nitrogen and oxygen atoms in total. The molecular weight excluding hydrogens is 290 g/mol. The van der Waals surface area contributed by atoms with Gasteiger partial charge in [-0.3, -0.25) is 0 Å². The molecule has 0 aliphatic rings. The minimum atomic E-state index is -0.698. The minimum absolute atomic E-state index is 0.164. The van der Waals surface area contributed by atoms with E-state index in [9.17, 15) is 9.90 Å². The monoisotopic (exact) mass is 309 g/mol. The second kappa shape index (κ2) is 6.73. The molecule has 114 valence electrons. The highest BCUT2D eigenvalue weighted by Crippen LogP contribution is 2.20. The Labute approximate surface area is 127 Å². The lowest BCUT2D eigenvalue weighted by atomic mass is 10.1. The molecule has 2 unspecified atom stereocenters. The van der Waals surface area contributed by atoms with Crippen molar-refractivity contribution in [3.8, 4) is 0 Å². The summed E-state index contributed by atoms with van der Waals surface area (Å²) in [5.74, 6) is 0.693. The summed E-state index contributed by atoms with van der Waals surface area (Å²) in [6, 6.07) is 1.29. The summed E-state index contributed by atoms with van der Waals surface area (Å²) in [5.41, 5.74) is 2.45. The van der Waals surface area contributed by atoms with Crippen LogP contribution in [0, 0.1) is 13.8 Å². The zero-order valence-corrected chi connectivity index (χ0v) is 13.0. The van der Waals surface area contributed by atoms with Crippen molar-refractivity contribution in [2.75, 3.05) is 6.54 Å². The average molecular weight is 309 g/mol. The van der Waals surface area contributed by atoms with E-state index < -0.39 is 6.10 Å². The van der Waals surface area contributed by atoms with Crippen LogP contribution in [0.2, 0.25) is 0 Å². The highest BCUT2D eigenvalue weighted by Gasteiger charge is 2.18. The first-order chi connectivity index (χ1) is 9.99. The van der Waals surface area contributed by atoms with E-state index in [0.29, 0.717) is 5.76 Å². The van der Waals surface area contributed by atoms with Gasteiger partial charge in [0.2, 0.25) is 0 Å². The highest BCUT2D eigenvalue weighted by molar-refractivity contribution is 7.07. The van der Waals surface area contributed by atoms with E-state index in [1.807, 2.05) is 37.6 Å². The van der Waals surface area contributed by atoms with Crippen molar-refractivity contribution in [3.05, 3.63) is 39.4 Å². The van der Waals surface area contributed by atoms with Gasteiger partial charge in [0.1, 0.15) is 5.76 Å². The Morgan fingerprint density at radius 1 is 1.52 bits per heavy atom. The number of carbonyl (C=O) groups excluding carboxylic acids is 1. The van der Waals surface area contributed by atoms with Crippen LogP contribution in [-0.2, 0) is 0 Å². The van der Waals surface area contributed by atoms with Crippen molar-refractivity contribution in [2.24, 2.45) is 0 Å². The third-order valence-corrected chi connectivity index (χ3v) is 3.95. The molecule has 2 rings (SSSR count). The highest BCUT2D eigenvalue weighted by atomic mass is 32.1. The smallest absolute Gasteiger partial charge is 0.315 e. The van der Waals surface area contributed by atoms with Crippen molar-refractivity contribution in [1.29, 1.82) is 0 Å². The average Bonchev–Trinajstić information content (AvgIpc) is 3.06. The van der Waals surface area contributed by atoms with Crippen LogP contribution in [0.15, 0.2) is 21.3 Å². The van der Waals surface area contributed by atoms with Gasteiger partial charge >= 0.3 is 6.03 Å². The Morgan fingerprint density at radius 2 is 2.29 bits per heavy atom. The number of aryl methyl sites for hydroxylation is 2. The molecule has 2 atom stereocenters. The number of nitrogens with one attached hydrogen (secondary N) is 2. The van der Waals surface area contributed by atoms with Gasteiger partial charge < -0.3 is 20.3 Å². The van der Waals surface area contributed by atoms with Gasteiger partial charge in [-0.05, 0) is 43.2 Å². The Balaban J connectivity index is 1.85. The zero-order chi connectivity index (χ0) is 15.4. The first-order valence-electron chi connectivity index (χ1n) is 6.66. The Kier molecular flexibility index (Phi) is 4.98. The van der Waals surface area contributed by atoms with Crippen LogP contribution < -0.4 is 10.6 Å². The molecule has 2 aromatic rings. The predicted octanol–water partition coefficient (Wildman–Crippen LogP) is 2.45. The normalized spacial score (nSPS) is 13.7. The second-order valence-electron chi connectivity index (χ2n) is 4.89. The predicted molar refractivity (Wildman–Crippen MR) is 80.2 cm³/mol. The maximum absolute atomic E-state index is 11.9. The van der Waals surface area contributed by atoms with Crippen LogP contribution in [-0.4, -0.2) is 22.8 Å². The molecule has 0 aliphatic heterocycles. The van der Waals surface area contributed by atoms with Crippen molar-refractivity contribution < 1.29 is 14.4 Å². The second-order valence-corrected chi connectivity index (χ2v) is 5.67. The van der Waals surface area contributed by atoms with Gasteiger partial charge in [0.15, 0.2) is 0 Å². The molecule has 21 heavy (non-hydrogen) atoms. The van der Waals surface area contributed by atoms with Crippen molar-refractivity contribution in [1.82, 2.24) is 15.8 Å². The van der Waals surface area contributed by atoms with E-state index in [1.54, 1.807) is 0 Å². The fourth-order valence-corrected chi connectivity index (χ4v) is 2.91. The summed E-state index contributed by atoms with van der Waals surface area (Å²) in [4.78, 5) is 11.9. The number of carbonyl (C=O) groups is 1. The number of aromatic nitrogens is 1. The SMILES string of the molecule is Cc1noc(C)c1C(C)NC(=O)NCC(O)c1ccsc1. The van der Waals surface area contributed by atoms with Gasteiger partial charge in [-0.1, -0.05) is 5.16 Å². The van der Waals surface area contributed by atoms with Crippen molar-refractivity contribution in [3.63, 3.8) is 0 Å². The molecule has 2 heterocycles. The van der Waals surface area contributed by atoms with Gasteiger partial charge in [0.25, 0.3) is 0 Å². The molecule has 3 N–H and O–H groups in total. The Bertz CT molecular complexity index is 575. The molecular formula is C14H19N3O3S. The number of thiophene rings is 1. The van der Waals surface area contributed by atoms with E-state index >= 15 is 0 Å². The lowest BCUT2D eigenvalue weighted by molar-refractivity contribution is 0.173. The van der Waals surface area contributed by atoms with E-state index in [-0.39, 0.29) is 18.6 Å². The largest absolute Gasteiger partial charge is 0.387 e. The lowest BCUT2D eigenvalue weighted by Gasteiger charge is -2.16. The number of aliphatic hydroxyl groups excluding tert-OH is 1. The molecule has 2 aromatic heterocycles. The molecule has 7 heteroatoms. The molecule has 0 fully saturated rings. The topological polar surface area (TPSA) is 87.4 Å². The van der Waals surface area contributed by atoms with Crippen molar-refractivity contribution in [2.45, 2.75) is 32.9 Å². The summed E-state index contributed by atoms with van der Waals surface area (Å²) in [7, 11) is 0. The summed E-state index contributed by atoms with van der Waals surface area (Å²) in [5, 5.41) is 23.0. The fraction of sp³-hybridized carbons (Fsp3) is 0.429. The number of aliphatic hydroxyl groups is 1. The number of urea groups is 1. The molecule has 0 radical (unpaired) electrons. The Morgan fingerprint density at radius 3 is 2.86 bits per heavy atom. The van der Waals surface area contributed by atoms with Crippen LogP contribution in [0.5, 0.6) is 0 Å². The van der Waals surface area contributed by atoms with Crippen LogP contribution in [0.1, 0.15) is 41.7 Å². The molecule has 0 aliphatic carbocycles. The number of hydrogen-bond acceptors (Lipinski definition) is 5. The molecule has 0 aromatic carbocycles. The fourth-order valence-electron chi connectivity index (χ4n) is 2.20. The van der Waals surface area contributed by atoms with Crippen LogP contribution in [0.4, 0.5) is 4.79 Å². The molecule has 0 saturated heterocycles. The molecule has 0 saturated carbocycles. The lowest BCUT2D eigenvalue weighted by Crippen LogP contribution is -2.39. The summed E-state index contributed by atoms with van der Waals surface area (Å²) < 4.78 is 5.08. The summed E-state index contributed by atoms with van der Waals surface area (Å²) >= 11 is 1.51. The Hall–Kier alpha value is -1.86. The van der Waals surface area contributed by atoms with Gasteiger partial charge in [0, 0.05) is 12.1 Å².